The normalized spacial score (nSPS) is 29.8. The Balaban J connectivity index is 1.78. The molecule has 2 N–H and O–H groups in total. The smallest absolute Gasteiger partial charge is 0.218 e. The first-order valence-electron chi connectivity index (χ1n) is 7.04. The van der Waals surface area contributed by atoms with Crippen molar-refractivity contribution in [3.63, 3.8) is 0 Å². The topological polar surface area (TPSA) is 63.4 Å². The van der Waals surface area contributed by atoms with Gasteiger partial charge in [-0.15, -0.1) is 0 Å². The molecule has 3 atom stereocenters. The molecule has 1 heterocycles. The van der Waals surface area contributed by atoms with E-state index in [1.807, 2.05) is 0 Å². The summed E-state index contributed by atoms with van der Waals surface area (Å²) >= 11 is 0. The molecule has 1 unspecified atom stereocenters. The third kappa shape index (κ3) is 2.82. The van der Waals surface area contributed by atoms with Crippen LogP contribution in [0.5, 0.6) is 0 Å². The number of piperidine rings is 1. The second kappa shape index (κ2) is 5.30. The van der Waals surface area contributed by atoms with Crippen LogP contribution in [0, 0.1) is 23.5 Å². The Morgan fingerprint density at radius 2 is 1.81 bits per heavy atom. The van der Waals surface area contributed by atoms with E-state index in [0.717, 1.165) is 18.9 Å². The molecule has 3 rings (SSSR count). The van der Waals surface area contributed by atoms with Gasteiger partial charge in [-0.25, -0.2) is 21.5 Å². The molecule has 1 saturated carbocycles. The van der Waals surface area contributed by atoms with Crippen molar-refractivity contribution in [1.29, 1.82) is 0 Å². The van der Waals surface area contributed by atoms with Crippen LogP contribution in [0.3, 0.4) is 0 Å². The van der Waals surface area contributed by atoms with E-state index in [2.05, 4.69) is 0 Å². The Kier molecular flexibility index (Phi) is 3.75. The fraction of sp³-hybridized carbons (Fsp3) is 0.571. The van der Waals surface area contributed by atoms with Crippen molar-refractivity contribution in [1.82, 2.24) is 4.31 Å². The molecule has 2 bridgehead atoms. The first-order valence-corrected chi connectivity index (χ1v) is 8.65. The third-order valence-corrected chi connectivity index (χ3v) is 6.38. The van der Waals surface area contributed by atoms with E-state index in [-0.39, 0.29) is 23.4 Å². The van der Waals surface area contributed by atoms with Crippen molar-refractivity contribution >= 4 is 10.0 Å². The number of hydrogen-bond donors (Lipinski definition) is 1. The van der Waals surface area contributed by atoms with Gasteiger partial charge >= 0.3 is 0 Å². The maximum atomic E-state index is 13.6. The summed E-state index contributed by atoms with van der Waals surface area (Å²) in [5.74, 6) is -1.59. The van der Waals surface area contributed by atoms with E-state index in [9.17, 15) is 17.2 Å². The van der Waals surface area contributed by atoms with Crippen LogP contribution in [0.15, 0.2) is 18.2 Å². The lowest BCUT2D eigenvalue weighted by atomic mass is 9.95. The highest BCUT2D eigenvalue weighted by Gasteiger charge is 2.43. The van der Waals surface area contributed by atoms with Crippen molar-refractivity contribution in [2.45, 2.75) is 24.6 Å². The Labute approximate surface area is 123 Å². The van der Waals surface area contributed by atoms with Gasteiger partial charge in [0.25, 0.3) is 0 Å². The summed E-state index contributed by atoms with van der Waals surface area (Å²) in [6, 6.07) is 3.04. The molecule has 7 heteroatoms. The first-order chi connectivity index (χ1) is 9.87. The van der Waals surface area contributed by atoms with E-state index in [4.69, 9.17) is 5.73 Å². The maximum Gasteiger partial charge on any atom is 0.218 e. The number of rotatable bonds is 3. The summed E-state index contributed by atoms with van der Waals surface area (Å²) in [4.78, 5) is 0. The molecule has 21 heavy (non-hydrogen) atoms. The van der Waals surface area contributed by atoms with Gasteiger partial charge in [0.05, 0.1) is 5.75 Å². The SMILES string of the molecule is NC1[C@@H]2CC[C@H]1CN(S(=O)(=O)Cc1ccc(F)cc1F)C2. The molecule has 2 fully saturated rings. The second-order valence-corrected chi connectivity index (χ2v) is 7.95. The zero-order valence-electron chi connectivity index (χ0n) is 11.5. The molecule has 1 aliphatic heterocycles. The van der Waals surface area contributed by atoms with Gasteiger partial charge in [-0.3, -0.25) is 0 Å². The van der Waals surface area contributed by atoms with Crippen LogP contribution >= 0.6 is 0 Å². The van der Waals surface area contributed by atoms with Crippen LogP contribution < -0.4 is 5.73 Å². The minimum Gasteiger partial charge on any atom is -0.327 e. The number of nitrogens with zero attached hydrogens (tertiary/aromatic N) is 1. The monoisotopic (exact) mass is 316 g/mol. The van der Waals surface area contributed by atoms with Gasteiger partial charge < -0.3 is 5.73 Å². The fourth-order valence-electron chi connectivity index (χ4n) is 3.38. The molecule has 0 amide bonds. The van der Waals surface area contributed by atoms with Gasteiger partial charge in [-0.1, -0.05) is 6.07 Å². The third-order valence-electron chi connectivity index (χ3n) is 4.62. The minimum atomic E-state index is -3.61. The van der Waals surface area contributed by atoms with Crippen molar-refractivity contribution in [2.24, 2.45) is 17.6 Å². The molecule has 0 spiro atoms. The van der Waals surface area contributed by atoms with E-state index in [1.165, 1.54) is 10.4 Å². The lowest BCUT2D eigenvalue weighted by molar-refractivity contribution is 0.228. The average molecular weight is 316 g/mol. The first kappa shape index (κ1) is 14.9. The van der Waals surface area contributed by atoms with E-state index >= 15 is 0 Å². The van der Waals surface area contributed by atoms with Crippen LogP contribution in [0.2, 0.25) is 0 Å². The zero-order valence-corrected chi connectivity index (χ0v) is 12.3. The Bertz CT molecular complexity index is 636. The largest absolute Gasteiger partial charge is 0.327 e. The highest BCUT2D eigenvalue weighted by molar-refractivity contribution is 7.88. The van der Waals surface area contributed by atoms with Crippen LogP contribution in [0.1, 0.15) is 18.4 Å². The summed E-state index contributed by atoms with van der Waals surface area (Å²) in [6.45, 7) is 0.811. The highest BCUT2D eigenvalue weighted by atomic mass is 32.2. The summed E-state index contributed by atoms with van der Waals surface area (Å²) in [6.07, 6.45) is 1.89. The molecular formula is C14H18F2N2O2S. The van der Waals surface area contributed by atoms with Gasteiger partial charge in [0.2, 0.25) is 10.0 Å². The van der Waals surface area contributed by atoms with Crippen molar-refractivity contribution in [2.75, 3.05) is 13.1 Å². The lowest BCUT2D eigenvalue weighted by Gasteiger charge is -2.35. The molecule has 1 aromatic carbocycles. The molecule has 0 aromatic heterocycles. The quantitative estimate of drug-likeness (QED) is 0.918. The van der Waals surface area contributed by atoms with Crippen LogP contribution in [-0.4, -0.2) is 31.9 Å². The highest BCUT2D eigenvalue weighted by Crippen LogP contribution is 2.37. The van der Waals surface area contributed by atoms with E-state index < -0.39 is 27.4 Å². The van der Waals surface area contributed by atoms with Crippen molar-refractivity contribution in [3.8, 4) is 0 Å². The summed E-state index contributed by atoms with van der Waals surface area (Å²) in [5.41, 5.74) is 6.06. The molecule has 116 valence electrons. The Hall–Kier alpha value is -1.05. The number of sulfonamides is 1. The predicted molar refractivity (Wildman–Crippen MR) is 74.7 cm³/mol. The summed E-state index contributed by atoms with van der Waals surface area (Å²) < 4.78 is 52.8. The molecule has 0 radical (unpaired) electrons. The van der Waals surface area contributed by atoms with Gasteiger partial charge in [-0.2, -0.15) is 0 Å². The number of hydrogen-bond acceptors (Lipinski definition) is 3. The van der Waals surface area contributed by atoms with Gasteiger partial charge in [-0.05, 0) is 30.7 Å². The number of nitrogens with two attached hydrogens (primary N) is 1. The lowest BCUT2D eigenvalue weighted by Crippen LogP contribution is -2.50. The number of fused-ring (bicyclic) bond motifs is 2. The van der Waals surface area contributed by atoms with E-state index in [0.29, 0.717) is 19.2 Å². The molecule has 2 aliphatic rings. The molecule has 1 saturated heterocycles. The Morgan fingerprint density at radius 1 is 1.19 bits per heavy atom. The van der Waals surface area contributed by atoms with Crippen LogP contribution in [0.4, 0.5) is 8.78 Å². The zero-order chi connectivity index (χ0) is 15.2. The predicted octanol–water partition coefficient (Wildman–Crippen LogP) is 1.46. The van der Waals surface area contributed by atoms with E-state index in [1.54, 1.807) is 0 Å². The molecular weight excluding hydrogens is 298 g/mol. The van der Waals surface area contributed by atoms with Crippen LogP contribution in [-0.2, 0) is 15.8 Å². The van der Waals surface area contributed by atoms with Crippen LogP contribution in [0.25, 0.3) is 0 Å². The summed E-state index contributed by atoms with van der Waals surface area (Å²) in [5, 5.41) is 0. The standard InChI is InChI=1S/C14H18F2N2O2S/c15-12-4-3-11(13(16)5-12)8-21(19,20)18-6-9-1-2-10(7-18)14(9)17/h3-5,9-10,14H,1-2,6-8,17H2/t9-,10+,14?. The van der Waals surface area contributed by atoms with Gasteiger partial charge in [0.15, 0.2) is 0 Å². The number of benzene rings is 1. The molecule has 4 nitrogen and oxygen atoms in total. The van der Waals surface area contributed by atoms with Gasteiger partial charge in [0, 0.05) is 30.8 Å². The molecule has 1 aromatic rings. The second-order valence-electron chi connectivity index (χ2n) is 5.98. The van der Waals surface area contributed by atoms with Crippen molar-refractivity contribution < 1.29 is 17.2 Å². The maximum absolute atomic E-state index is 13.6. The molecule has 1 aliphatic carbocycles. The summed E-state index contributed by atoms with van der Waals surface area (Å²) in [7, 11) is -3.61. The Morgan fingerprint density at radius 3 is 2.38 bits per heavy atom. The fourth-order valence-corrected chi connectivity index (χ4v) is 5.02. The number of halogens is 2. The van der Waals surface area contributed by atoms with Gasteiger partial charge in [0.1, 0.15) is 11.6 Å². The van der Waals surface area contributed by atoms with Crippen molar-refractivity contribution in [3.05, 3.63) is 35.4 Å². The average Bonchev–Trinajstić information content (AvgIpc) is 2.64. The minimum absolute atomic E-state index is 0.00128.